The van der Waals surface area contributed by atoms with Crippen LogP contribution in [0.5, 0.6) is 0 Å². The van der Waals surface area contributed by atoms with Crippen molar-refractivity contribution in [2.45, 2.75) is 38.8 Å². The van der Waals surface area contributed by atoms with Gasteiger partial charge in [-0.05, 0) is 38.0 Å². The summed E-state index contributed by atoms with van der Waals surface area (Å²) in [5.74, 6) is -0.104. The Labute approximate surface area is 161 Å². The molecule has 1 fully saturated rings. The summed E-state index contributed by atoms with van der Waals surface area (Å²) >= 11 is 6.07. The zero-order valence-corrected chi connectivity index (χ0v) is 15.7. The van der Waals surface area contributed by atoms with Gasteiger partial charge in [-0.3, -0.25) is 4.79 Å². The minimum absolute atomic E-state index is 0.104. The van der Waals surface area contributed by atoms with E-state index in [1.54, 1.807) is 16.8 Å². The second kappa shape index (κ2) is 6.20. The molecule has 0 radical (unpaired) electrons. The Bertz CT molecular complexity index is 1030. The van der Waals surface area contributed by atoms with Gasteiger partial charge in [-0.25, -0.2) is 9.67 Å². The lowest BCUT2D eigenvalue weighted by atomic mass is 10.1. The molecule has 5 rings (SSSR count). The van der Waals surface area contributed by atoms with Crippen LogP contribution in [0.2, 0.25) is 5.02 Å². The molecule has 27 heavy (non-hydrogen) atoms. The molecule has 0 N–H and O–H groups in total. The predicted molar refractivity (Wildman–Crippen MR) is 100 cm³/mol. The number of benzene rings is 1. The van der Waals surface area contributed by atoms with Crippen LogP contribution in [0.4, 0.5) is 0 Å². The lowest BCUT2D eigenvalue weighted by Gasteiger charge is -2.26. The van der Waals surface area contributed by atoms with Gasteiger partial charge in [0.1, 0.15) is 0 Å². The second-order valence-corrected chi connectivity index (χ2v) is 7.60. The largest absolute Gasteiger partial charge is 0.331 e. The highest BCUT2D eigenvalue weighted by Gasteiger charge is 2.32. The van der Waals surface area contributed by atoms with E-state index in [2.05, 4.69) is 19.9 Å². The number of hydrogen-bond donors (Lipinski definition) is 0. The lowest BCUT2D eigenvalue weighted by Crippen LogP contribution is -2.37. The standard InChI is InChI=1S/C19H19ClN6O/c1-12-18(22-23-26(12)15-4-2-3-13(20)9-15)19(27)24-8-7-17-16(10-24)21-11-25(17)14-5-6-14/h2-4,9,11,14H,5-8,10H2,1H3. The van der Waals surface area contributed by atoms with E-state index in [0.29, 0.717) is 35.5 Å². The summed E-state index contributed by atoms with van der Waals surface area (Å²) in [6.07, 6.45) is 5.23. The summed E-state index contributed by atoms with van der Waals surface area (Å²) in [4.78, 5) is 19.4. The van der Waals surface area contributed by atoms with E-state index in [9.17, 15) is 4.79 Å². The second-order valence-electron chi connectivity index (χ2n) is 7.17. The number of nitrogens with zero attached hydrogens (tertiary/aromatic N) is 6. The monoisotopic (exact) mass is 382 g/mol. The van der Waals surface area contributed by atoms with E-state index in [1.165, 1.54) is 18.5 Å². The molecule has 0 saturated heterocycles. The van der Waals surface area contributed by atoms with Gasteiger partial charge >= 0.3 is 0 Å². The first kappa shape index (κ1) is 16.5. The maximum atomic E-state index is 13.0. The number of aromatic nitrogens is 5. The van der Waals surface area contributed by atoms with Crippen LogP contribution in [0.15, 0.2) is 30.6 Å². The van der Waals surface area contributed by atoms with Gasteiger partial charge in [-0.15, -0.1) is 5.10 Å². The highest BCUT2D eigenvalue weighted by Crippen LogP contribution is 2.37. The Balaban J connectivity index is 1.40. The Morgan fingerprint density at radius 1 is 1.30 bits per heavy atom. The lowest BCUT2D eigenvalue weighted by molar-refractivity contribution is 0.0724. The van der Waals surface area contributed by atoms with Crippen LogP contribution < -0.4 is 0 Å². The minimum atomic E-state index is -0.104. The average Bonchev–Trinajstić information content (AvgIpc) is 3.31. The Kier molecular flexibility index (Phi) is 3.79. The van der Waals surface area contributed by atoms with Crippen LogP contribution in [0.3, 0.4) is 0 Å². The van der Waals surface area contributed by atoms with Crippen molar-refractivity contribution in [2.24, 2.45) is 0 Å². The molecule has 0 atom stereocenters. The van der Waals surface area contributed by atoms with Crippen molar-refractivity contribution in [3.05, 3.63) is 58.4 Å². The molecular formula is C19H19ClN6O. The third-order valence-corrected chi connectivity index (χ3v) is 5.55. The molecule has 1 aliphatic heterocycles. The van der Waals surface area contributed by atoms with Crippen LogP contribution in [0.25, 0.3) is 5.69 Å². The fourth-order valence-electron chi connectivity index (χ4n) is 3.70. The normalized spacial score (nSPS) is 16.4. The first-order valence-electron chi connectivity index (χ1n) is 9.14. The van der Waals surface area contributed by atoms with Crippen molar-refractivity contribution in [3.8, 4) is 5.69 Å². The molecule has 138 valence electrons. The first-order chi connectivity index (χ1) is 13.1. The van der Waals surface area contributed by atoms with Crippen LogP contribution in [-0.4, -0.2) is 41.9 Å². The molecular weight excluding hydrogens is 364 g/mol. The van der Waals surface area contributed by atoms with Crippen LogP contribution >= 0.6 is 11.6 Å². The summed E-state index contributed by atoms with van der Waals surface area (Å²) in [6.45, 7) is 3.05. The van der Waals surface area contributed by atoms with Crippen LogP contribution in [-0.2, 0) is 13.0 Å². The Morgan fingerprint density at radius 2 is 2.15 bits per heavy atom. The van der Waals surface area contributed by atoms with E-state index in [-0.39, 0.29) is 5.91 Å². The highest BCUT2D eigenvalue weighted by molar-refractivity contribution is 6.30. The number of amides is 1. The number of hydrogen-bond acceptors (Lipinski definition) is 4. The fraction of sp³-hybridized carbons (Fsp3) is 0.368. The molecule has 8 heteroatoms. The third-order valence-electron chi connectivity index (χ3n) is 5.32. The van der Waals surface area contributed by atoms with Gasteiger partial charge in [-0.2, -0.15) is 0 Å². The van der Waals surface area contributed by atoms with Crippen molar-refractivity contribution in [1.29, 1.82) is 0 Å². The summed E-state index contributed by atoms with van der Waals surface area (Å²) in [5.41, 5.74) is 4.15. The number of carbonyl (C=O) groups is 1. The average molecular weight is 383 g/mol. The van der Waals surface area contributed by atoms with Crippen molar-refractivity contribution in [1.82, 2.24) is 29.4 Å². The van der Waals surface area contributed by atoms with Gasteiger partial charge in [0.2, 0.25) is 0 Å². The molecule has 2 aliphatic rings. The summed E-state index contributed by atoms with van der Waals surface area (Å²) in [5, 5.41) is 8.93. The van der Waals surface area contributed by atoms with Gasteiger partial charge in [0.05, 0.1) is 29.9 Å². The molecule has 1 saturated carbocycles. The van der Waals surface area contributed by atoms with Gasteiger partial charge in [0, 0.05) is 29.7 Å². The summed E-state index contributed by atoms with van der Waals surface area (Å²) < 4.78 is 3.94. The zero-order chi connectivity index (χ0) is 18.5. The molecule has 2 aromatic heterocycles. The van der Waals surface area contributed by atoms with Gasteiger partial charge in [0.15, 0.2) is 5.69 Å². The van der Waals surface area contributed by atoms with Crippen molar-refractivity contribution >= 4 is 17.5 Å². The van der Waals surface area contributed by atoms with E-state index in [1.807, 2.05) is 30.3 Å². The number of halogens is 1. The quantitative estimate of drug-likeness (QED) is 0.698. The van der Waals surface area contributed by atoms with Crippen LogP contribution in [0, 0.1) is 6.92 Å². The molecule has 3 aromatic rings. The fourth-order valence-corrected chi connectivity index (χ4v) is 3.89. The topological polar surface area (TPSA) is 68.8 Å². The minimum Gasteiger partial charge on any atom is -0.331 e. The van der Waals surface area contributed by atoms with Crippen LogP contribution in [0.1, 0.15) is 46.5 Å². The smallest absolute Gasteiger partial charge is 0.276 e. The molecule has 3 heterocycles. The van der Waals surface area contributed by atoms with Crippen molar-refractivity contribution < 1.29 is 4.79 Å². The third kappa shape index (κ3) is 2.82. The molecule has 1 aliphatic carbocycles. The number of fused-ring (bicyclic) bond motifs is 1. The molecule has 0 bridgehead atoms. The predicted octanol–water partition coefficient (Wildman–Crippen LogP) is 2.96. The Morgan fingerprint density at radius 3 is 2.93 bits per heavy atom. The van der Waals surface area contributed by atoms with E-state index >= 15 is 0 Å². The maximum Gasteiger partial charge on any atom is 0.276 e. The van der Waals surface area contributed by atoms with E-state index in [4.69, 9.17) is 11.6 Å². The van der Waals surface area contributed by atoms with E-state index < -0.39 is 0 Å². The molecule has 0 unspecified atom stereocenters. The van der Waals surface area contributed by atoms with Gasteiger partial charge in [-0.1, -0.05) is 22.9 Å². The van der Waals surface area contributed by atoms with Gasteiger partial charge in [0.25, 0.3) is 5.91 Å². The number of carbonyl (C=O) groups excluding carboxylic acids is 1. The molecule has 1 aromatic carbocycles. The zero-order valence-electron chi connectivity index (χ0n) is 15.0. The number of rotatable bonds is 3. The van der Waals surface area contributed by atoms with Crippen molar-refractivity contribution in [2.75, 3.05) is 6.54 Å². The van der Waals surface area contributed by atoms with Crippen molar-refractivity contribution in [3.63, 3.8) is 0 Å². The van der Waals surface area contributed by atoms with Gasteiger partial charge < -0.3 is 9.47 Å². The first-order valence-corrected chi connectivity index (χ1v) is 9.51. The molecule has 7 nitrogen and oxygen atoms in total. The summed E-state index contributed by atoms with van der Waals surface area (Å²) in [7, 11) is 0. The molecule has 1 amide bonds. The molecule has 0 spiro atoms. The maximum absolute atomic E-state index is 13.0. The SMILES string of the molecule is Cc1c(C(=O)N2CCc3c(ncn3C3CC3)C2)nnn1-c1cccc(Cl)c1. The highest BCUT2D eigenvalue weighted by atomic mass is 35.5. The summed E-state index contributed by atoms with van der Waals surface area (Å²) in [6, 6.07) is 7.95. The Hall–Kier alpha value is -2.67. The van der Waals surface area contributed by atoms with E-state index in [0.717, 1.165) is 17.8 Å². The number of imidazole rings is 1.